The molecule has 0 aliphatic carbocycles. The summed E-state index contributed by atoms with van der Waals surface area (Å²) >= 11 is 0. The number of alkyl carbamates (subject to hydrolysis) is 1. The number of primary amides is 1. The first kappa shape index (κ1) is 15.7. The number of hydrogen-bond donors (Lipinski definition) is 3. The Balaban J connectivity index is 4.43. The van der Waals surface area contributed by atoms with E-state index in [1.165, 1.54) is 0 Å². The molecule has 0 aliphatic rings. The van der Waals surface area contributed by atoms with Crippen molar-refractivity contribution in [1.82, 2.24) is 5.32 Å². The second-order valence-electron chi connectivity index (χ2n) is 5.63. The van der Waals surface area contributed by atoms with Crippen molar-refractivity contribution in [2.24, 2.45) is 11.5 Å². The van der Waals surface area contributed by atoms with Gasteiger partial charge in [-0.25, -0.2) is 4.79 Å². The molecular weight excluding hydrogens is 222 g/mol. The predicted octanol–water partition coefficient (Wildman–Crippen LogP) is 0.492. The van der Waals surface area contributed by atoms with Crippen molar-refractivity contribution in [3.8, 4) is 0 Å². The number of nitrogens with one attached hydrogen (secondary N) is 1. The molecule has 17 heavy (non-hydrogen) atoms. The molecule has 0 radical (unpaired) electrons. The summed E-state index contributed by atoms with van der Waals surface area (Å²) in [7, 11) is 0. The second kappa shape index (κ2) is 5.35. The van der Waals surface area contributed by atoms with Gasteiger partial charge in [-0.15, -0.1) is 0 Å². The Morgan fingerprint density at radius 3 is 2.06 bits per heavy atom. The summed E-state index contributed by atoms with van der Waals surface area (Å²) in [5.41, 5.74) is 9.51. The normalized spacial score (nSPS) is 14.0. The molecule has 2 amide bonds. The molecule has 1 atom stereocenters. The van der Waals surface area contributed by atoms with Crippen molar-refractivity contribution in [2.45, 2.75) is 58.2 Å². The molecule has 0 heterocycles. The van der Waals surface area contributed by atoms with Crippen LogP contribution in [0.25, 0.3) is 0 Å². The minimum Gasteiger partial charge on any atom is -0.444 e. The maximum absolute atomic E-state index is 11.6. The minimum atomic E-state index is -0.767. The van der Waals surface area contributed by atoms with Crippen molar-refractivity contribution in [1.29, 1.82) is 0 Å². The Bertz CT molecular complexity index is 295. The van der Waals surface area contributed by atoms with Crippen molar-refractivity contribution < 1.29 is 14.3 Å². The summed E-state index contributed by atoms with van der Waals surface area (Å²) in [5, 5.41) is 2.62. The standard InChI is InChI=1S/C11H23N3O3/c1-10(2,3)17-9(16)14-11(4,5)7(12)6-8(13)15/h7H,6,12H2,1-5H3,(H2,13,15)(H,14,16). The van der Waals surface area contributed by atoms with Gasteiger partial charge >= 0.3 is 6.09 Å². The average Bonchev–Trinajstić information content (AvgIpc) is 1.96. The van der Waals surface area contributed by atoms with Crippen LogP contribution in [0.2, 0.25) is 0 Å². The van der Waals surface area contributed by atoms with E-state index in [0.717, 1.165) is 0 Å². The summed E-state index contributed by atoms with van der Waals surface area (Å²) in [4.78, 5) is 22.3. The van der Waals surface area contributed by atoms with Gasteiger partial charge in [0.05, 0.1) is 5.54 Å². The van der Waals surface area contributed by atoms with Gasteiger partial charge in [-0.3, -0.25) is 4.79 Å². The quantitative estimate of drug-likeness (QED) is 0.670. The van der Waals surface area contributed by atoms with Crippen LogP contribution in [-0.4, -0.2) is 29.2 Å². The number of carbonyl (C=O) groups excluding carboxylic acids is 2. The molecule has 0 aromatic carbocycles. The van der Waals surface area contributed by atoms with Crippen LogP contribution in [0.15, 0.2) is 0 Å². The van der Waals surface area contributed by atoms with Crippen molar-refractivity contribution >= 4 is 12.0 Å². The van der Waals surface area contributed by atoms with Crippen molar-refractivity contribution in [3.63, 3.8) is 0 Å². The lowest BCUT2D eigenvalue weighted by Crippen LogP contribution is -2.57. The maximum Gasteiger partial charge on any atom is 0.408 e. The lowest BCUT2D eigenvalue weighted by molar-refractivity contribution is -0.118. The number of ether oxygens (including phenoxy) is 1. The molecule has 6 heteroatoms. The topological polar surface area (TPSA) is 107 Å². The third kappa shape index (κ3) is 6.78. The highest BCUT2D eigenvalue weighted by atomic mass is 16.6. The van der Waals surface area contributed by atoms with E-state index in [9.17, 15) is 9.59 Å². The molecule has 0 fully saturated rings. The zero-order chi connectivity index (χ0) is 13.9. The number of rotatable bonds is 4. The van der Waals surface area contributed by atoms with Gasteiger partial charge in [0.1, 0.15) is 5.60 Å². The van der Waals surface area contributed by atoms with E-state index in [1.807, 2.05) is 0 Å². The molecular formula is C11H23N3O3. The van der Waals surface area contributed by atoms with Gasteiger partial charge < -0.3 is 21.5 Å². The summed E-state index contributed by atoms with van der Waals surface area (Å²) in [5.74, 6) is -0.503. The fourth-order valence-corrected chi connectivity index (χ4v) is 1.13. The van der Waals surface area contributed by atoms with Crippen LogP contribution in [-0.2, 0) is 9.53 Å². The van der Waals surface area contributed by atoms with E-state index in [2.05, 4.69) is 5.32 Å². The third-order valence-corrected chi connectivity index (χ3v) is 2.17. The Hall–Kier alpha value is -1.30. The number of carbonyl (C=O) groups is 2. The Labute approximate surface area is 102 Å². The molecule has 0 saturated carbocycles. The van der Waals surface area contributed by atoms with E-state index in [1.54, 1.807) is 34.6 Å². The zero-order valence-corrected chi connectivity index (χ0v) is 11.2. The molecule has 100 valence electrons. The van der Waals surface area contributed by atoms with Gasteiger partial charge in [0.25, 0.3) is 0 Å². The summed E-state index contributed by atoms with van der Waals surface area (Å²) in [6.45, 7) is 8.73. The van der Waals surface area contributed by atoms with Gasteiger partial charge in [-0.1, -0.05) is 0 Å². The van der Waals surface area contributed by atoms with E-state index in [0.29, 0.717) is 0 Å². The highest BCUT2D eigenvalue weighted by Crippen LogP contribution is 2.13. The lowest BCUT2D eigenvalue weighted by Gasteiger charge is -2.33. The Morgan fingerprint density at radius 2 is 1.71 bits per heavy atom. The first-order valence-electron chi connectivity index (χ1n) is 5.49. The minimum absolute atomic E-state index is 0.00278. The van der Waals surface area contributed by atoms with Crippen molar-refractivity contribution in [2.75, 3.05) is 0 Å². The summed E-state index contributed by atoms with van der Waals surface area (Å²) in [6.07, 6.45) is -0.564. The lowest BCUT2D eigenvalue weighted by atomic mass is 9.93. The van der Waals surface area contributed by atoms with Gasteiger partial charge in [0, 0.05) is 12.5 Å². The smallest absolute Gasteiger partial charge is 0.408 e. The Morgan fingerprint density at radius 1 is 1.24 bits per heavy atom. The second-order valence-corrected chi connectivity index (χ2v) is 5.63. The van der Waals surface area contributed by atoms with Gasteiger partial charge in [-0.2, -0.15) is 0 Å². The van der Waals surface area contributed by atoms with Gasteiger partial charge in [-0.05, 0) is 34.6 Å². The first-order valence-corrected chi connectivity index (χ1v) is 5.49. The fraction of sp³-hybridized carbons (Fsp3) is 0.818. The van der Waals surface area contributed by atoms with Crippen LogP contribution in [0.4, 0.5) is 4.79 Å². The molecule has 0 aromatic heterocycles. The number of hydrogen-bond acceptors (Lipinski definition) is 4. The number of amides is 2. The van der Waals surface area contributed by atoms with Crippen LogP contribution in [0.5, 0.6) is 0 Å². The molecule has 1 unspecified atom stereocenters. The van der Waals surface area contributed by atoms with Crippen LogP contribution in [0.1, 0.15) is 41.0 Å². The number of nitrogens with two attached hydrogens (primary N) is 2. The third-order valence-electron chi connectivity index (χ3n) is 2.17. The molecule has 0 aromatic rings. The van der Waals surface area contributed by atoms with Gasteiger partial charge in [0.2, 0.25) is 5.91 Å². The molecule has 0 aliphatic heterocycles. The van der Waals surface area contributed by atoms with Crippen molar-refractivity contribution in [3.05, 3.63) is 0 Å². The highest BCUT2D eigenvalue weighted by Gasteiger charge is 2.31. The van der Waals surface area contributed by atoms with Crippen LogP contribution in [0.3, 0.4) is 0 Å². The van der Waals surface area contributed by atoms with Crippen LogP contribution >= 0.6 is 0 Å². The zero-order valence-electron chi connectivity index (χ0n) is 11.2. The predicted molar refractivity (Wildman–Crippen MR) is 65.2 cm³/mol. The van der Waals surface area contributed by atoms with E-state index in [-0.39, 0.29) is 6.42 Å². The summed E-state index contributed by atoms with van der Waals surface area (Å²) in [6, 6.07) is -0.562. The molecule has 0 saturated heterocycles. The fourth-order valence-electron chi connectivity index (χ4n) is 1.13. The maximum atomic E-state index is 11.6. The van der Waals surface area contributed by atoms with Crippen LogP contribution < -0.4 is 16.8 Å². The molecule has 0 rings (SSSR count). The molecule has 5 N–H and O–H groups in total. The van der Waals surface area contributed by atoms with Crippen LogP contribution in [0, 0.1) is 0 Å². The van der Waals surface area contributed by atoms with Gasteiger partial charge in [0.15, 0.2) is 0 Å². The SMILES string of the molecule is CC(C)(C)OC(=O)NC(C)(C)C(N)CC(N)=O. The van der Waals surface area contributed by atoms with E-state index in [4.69, 9.17) is 16.2 Å². The highest BCUT2D eigenvalue weighted by molar-refractivity contribution is 5.75. The average molecular weight is 245 g/mol. The Kier molecular flexibility index (Phi) is 4.94. The molecule has 0 bridgehead atoms. The summed E-state index contributed by atoms with van der Waals surface area (Å²) < 4.78 is 5.11. The van der Waals surface area contributed by atoms with E-state index < -0.39 is 29.2 Å². The monoisotopic (exact) mass is 245 g/mol. The molecule has 0 spiro atoms. The largest absolute Gasteiger partial charge is 0.444 e. The first-order chi connectivity index (χ1) is 7.44. The van der Waals surface area contributed by atoms with E-state index >= 15 is 0 Å². The molecule has 6 nitrogen and oxygen atoms in total.